The Morgan fingerprint density at radius 2 is 1.33 bits per heavy atom. The van der Waals surface area contributed by atoms with E-state index in [1.54, 1.807) is 26.8 Å². The first-order valence-electron chi connectivity index (χ1n) is 12.5. The molecule has 0 bridgehead atoms. The van der Waals surface area contributed by atoms with Crippen LogP contribution in [0.1, 0.15) is 72.8 Å². The summed E-state index contributed by atoms with van der Waals surface area (Å²) in [6.45, 7) is 10.8. The summed E-state index contributed by atoms with van der Waals surface area (Å²) in [7, 11) is 1.23. The molecular formula is C27H41NO8. The van der Waals surface area contributed by atoms with Gasteiger partial charge in [0.05, 0.1) is 31.5 Å². The van der Waals surface area contributed by atoms with Gasteiger partial charge in [0.25, 0.3) is 0 Å². The maximum Gasteiger partial charge on any atom is 0.326 e. The molecule has 0 amide bonds. The van der Waals surface area contributed by atoms with Gasteiger partial charge < -0.3 is 24.7 Å². The quantitative estimate of drug-likeness (QED) is 0.293. The van der Waals surface area contributed by atoms with Gasteiger partial charge in [-0.25, -0.2) is 0 Å². The molecule has 0 aliphatic rings. The molecule has 4 atom stereocenters. The molecule has 3 unspecified atom stereocenters. The lowest BCUT2D eigenvalue weighted by Crippen LogP contribution is -2.51. The SMILES string of the molecule is CCC(C)C(=O)Oc1ccc(CC(N)(CCOC(=O)[C@@H](C)CC)C(=O)OC)cc1OC(=O)C(C)CC. The Morgan fingerprint density at radius 1 is 0.833 bits per heavy atom. The maximum absolute atomic E-state index is 12.6. The second-order valence-electron chi connectivity index (χ2n) is 9.29. The molecule has 0 radical (unpaired) electrons. The normalized spacial score (nSPS) is 15.1. The molecular weight excluding hydrogens is 466 g/mol. The zero-order valence-electron chi connectivity index (χ0n) is 22.6. The Bertz CT molecular complexity index is 915. The third kappa shape index (κ3) is 8.93. The first-order valence-corrected chi connectivity index (χ1v) is 12.5. The van der Waals surface area contributed by atoms with Gasteiger partial charge in [0.2, 0.25) is 0 Å². The molecule has 0 saturated heterocycles. The van der Waals surface area contributed by atoms with Crippen LogP contribution >= 0.6 is 0 Å². The van der Waals surface area contributed by atoms with E-state index in [0.29, 0.717) is 24.8 Å². The Labute approximate surface area is 214 Å². The highest BCUT2D eigenvalue weighted by atomic mass is 16.6. The molecule has 0 aliphatic carbocycles. The lowest BCUT2D eigenvalue weighted by atomic mass is 9.88. The van der Waals surface area contributed by atoms with Crippen molar-refractivity contribution in [2.75, 3.05) is 13.7 Å². The number of ether oxygens (including phenoxy) is 4. The summed E-state index contributed by atoms with van der Waals surface area (Å²) in [4.78, 5) is 49.5. The molecule has 202 valence electrons. The van der Waals surface area contributed by atoms with Crippen LogP contribution in [0.5, 0.6) is 11.5 Å². The third-order valence-electron chi connectivity index (χ3n) is 6.38. The summed E-state index contributed by atoms with van der Waals surface area (Å²) < 4.78 is 21.2. The van der Waals surface area contributed by atoms with E-state index in [1.165, 1.54) is 19.2 Å². The summed E-state index contributed by atoms with van der Waals surface area (Å²) in [6.07, 6.45) is 1.83. The monoisotopic (exact) mass is 507 g/mol. The van der Waals surface area contributed by atoms with Gasteiger partial charge in [0.1, 0.15) is 5.54 Å². The summed E-state index contributed by atoms with van der Waals surface area (Å²) in [5.74, 6) is -2.76. The highest BCUT2D eigenvalue weighted by Gasteiger charge is 2.36. The van der Waals surface area contributed by atoms with E-state index in [1.807, 2.05) is 20.8 Å². The van der Waals surface area contributed by atoms with Crippen LogP contribution in [0.15, 0.2) is 18.2 Å². The number of nitrogens with two attached hydrogens (primary N) is 1. The molecule has 0 heterocycles. The van der Waals surface area contributed by atoms with E-state index in [4.69, 9.17) is 24.7 Å². The van der Waals surface area contributed by atoms with E-state index in [0.717, 1.165) is 0 Å². The Hall–Kier alpha value is -2.94. The average molecular weight is 508 g/mol. The molecule has 2 N–H and O–H groups in total. The summed E-state index contributed by atoms with van der Waals surface area (Å²) in [6, 6.07) is 4.67. The molecule has 1 aromatic rings. The molecule has 0 saturated carbocycles. The van der Waals surface area contributed by atoms with Crippen molar-refractivity contribution in [2.24, 2.45) is 23.5 Å². The fourth-order valence-corrected chi connectivity index (χ4v) is 3.05. The average Bonchev–Trinajstić information content (AvgIpc) is 2.87. The van der Waals surface area contributed by atoms with Crippen LogP contribution < -0.4 is 15.2 Å². The van der Waals surface area contributed by atoms with Crippen LogP contribution in [-0.4, -0.2) is 43.1 Å². The van der Waals surface area contributed by atoms with Crippen LogP contribution in [0, 0.1) is 17.8 Å². The largest absolute Gasteiger partial charge is 0.468 e. The summed E-state index contributed by atoms with van der Waals surface area (Å²) in [5, 5.41) is 0. The summed E-state index contributed by atoms with van der Waals surface area (Å²) >= 11 is 0. The van der Waals surface area contributed by atoms with E-state index in [2.05, 4.69) is 0 Å². The maximum atomic E-state index is 12.6. The van der Waals surface area contributed by atoms with E-state index in [-0.39, 0.29) is 54.7 Å². The van der Waals surface area contributed by atoms with Crippen molar-refractivity contribution in [1.29, 1.82) is 0 Å². The first-order chi connectivity index (χ1) is 16.9. The number of methoxy groups -OCH3 is 1. The zero-order chi connectivity index (χ0) is 27.5. The van der Waals surface area contributed by atoms with E-state index >= 15 is 0 Å². The highest BCUT2D eigenvalue weighted by Crippen LogP contribution is 2.32. The van der Waals surface area contributed by atoms with Crippen molar-refractivity contribution in [2.45, 2.75) is 79.2 Å². The minimum atomic E-state index is -1.50. The lowest BCUT2D eigenvalue weighted by molar-refractivity contribution is -0.153. The molecule has 9 heteroatoms. The smallest absolute Gasteiger partial charge is 0.326 e. The van der Waals surface area contributed by atoms with Crippen molar-refractivity contribution < 1.29 is 38.1 Å². The Morgan fingerprint density at radius 3 is 1.83 bits per heavy atom. The van der Waals surface area contributed by atoms with Crippen molar-refractivity contribution in [3.63, 3.8) is 0 Å². The van der Waals surface area contributed by atoms with Crippen LogP contribution in [0.4, 0.5) is 0 Å². The summed E-state index contributed by atoms with van der Waals surface area (Å²) in [5.41, 5.74) is 5.46. The van der Waals surface area contributed by atoms with Gasteiger partial charge in [0.15, 0.2) is 11.5 Å². The van der Waals surface area contributed by atoms with E-state index < -0.39 is 23.4 Å². The standard InChI is InChI=1S/C27H41NO8/c1-8-17(4)23(29)34-14-13-27(28,26(32)33-7)16-20-11-12-21(35-24(30)18(5)9-2)22(15-20)36-25(31)19(6)10-3/h11-12,15,17-19H,8-10,13-14,16,28H2,1-7H3/t17-,18?,19?,27?/m0/s1. The van der Waals surface area contributed by atoms with Crippen molar-refractivity contribution >= 4 is 23.9 Å². The number of carbonyl (C=O) groups is 4. The highest BCUT2D eigenvalue weighted by molar-refractivity contribution is 5.81. The number of hydrogen-bond acceptors (Lipinski definition) is 9. The van der Waals surface area contributed by atoms with Crippen LogP contribution in [0.3, 0.4) is 0 Å². The molecule has 1 rings (SSSR count). The van der Waals surface area contributed by atoms with Crippen LogP contribution in [0.25, 0.3) is 0 Å². The van der Waals surface area contributed by atoms with Gasteiger partial charge in [-0.3, -0.25) is 19.2 Å². The molecule has 0 aliphatic heterocycles. The fourth-order valence-electron chi connectivity index (χ4n) is 3.05. The van der Waals surface area contributed by atoms with Crippen LogP contribution in [0.2, 0.25) is 0 Å². The Kier molecular flexibility index (Phi) is 12.6. The molecule has 0 fully saturated rings. The van der Waals surface area contributed by atoms with Crippen molar-refractivity contribution in [1.82, 2.24) is 0 Å². The van der Waals surface area contributed by atoms with Gasteiger partial charge in [0, 0.05) is 12.8 Å². The van der Waals surface area contributed by atoms with Gasteiger partial charge in [-0.15, -0.1) is 0 Å². The van der Waals surface area contributed by atoms with Gasteiger partial charge in [-0.05, 0) is 37.0 Å². The predicted octanol–water partition coefficient (Wildman–Crippen LogP) is 3.98. The van der Waals surface area contributed by atoms with E-state index in [9.17, 15) is 19.2 Å². The molecule has 1 aromatic carbocycles. The van der Waals surface area contributed by atoms with Crippen LogP contribution in [-0.2, 0) is 35.1 Å². The zero-order valence-corrected chi connectivity index (χ0v) is 22.6. The first kappa shape index (κ1) is 31.1. The minimum Gasteiger partial charge on any atom is -0.468 e. The fraction of sp³-hybridized carbons (Fsp3) is 0.630. The number of carbonyl (C=O) groups excluding carboxylic acids is 4. The number of hydrogen-bond donors (Lipinski definition) is 1. The molecule has 36 heavy (non-hydrogen) atoms. The number of rotatable bonds is 14. The predicted molar refractivity (Wildman–Crippen MR) is 134 cm³/mol. The molecule has 0 aromatic heterocycles. The second-order valence-corrected chi connectivity index (χ2v) is 9.29. The number of esters is 4. The second kappa shape index (κ2) is 14.6. The molecule has 9 nitrogen and oxygen atoms in total. The van der Waals surface area contributed by atoms with Gasteiger partial charge in [-0.2, -0.15) is 0 Å². The topological polar surface area (TPSA) is 131 Å². The minimum absolute atomic E-state index is 0.00796. The number of benzene rings is 1. The lowest BCUT2D eigenvalue weighted by Gasteiger charge is -2.27. The van der Waals surface area contributed by atoms with Gasteiger partial charge in [-0.1, -0.05) is 47.6 Å². The Balaban J connectivity index is 3.22. The van der Waals surface area contributed by atoms with Gasteiger partial charge >= 0.3 is 23.9 Å². The van der Waals surface area contributed by atoms with Crippen molar-refractivity contribution in [3.8, 4) is 11.5 Å². The third-order valence-corrected chi connectivity index (χ3v) is 6.38. The molecule has 0 spiro atoms. The van der Waals surface area contributed by atoms with Crippen molar-refractivity contribution in [3.05, 3.63) is 23.8 Å².